The first-order chi connectivity index (χ1) is 12.6. The maximum Gasteiger partial charge on any atom is 0.261 e. The summed E-state index contributed by atoms with van der Waals surface area (Å²) in [5, 5.41) is 9.08. The molecule has 3 N–H and O–H groups in total. The number of amides is 1. The number of aryl methyl sites for hydroxylation is 1. The maximum absolute atomic E-state index is 12.6. The van der Waals surface area contributed by atoms with Crippen LogP contribution in [-0.4, -0.2) is 28.3 Å². The number of nitrogens with zero attached hydrogens (tertiary/aromatic N) is 2. The van der Waals surface area contributed by atoms with Crippen molar-refractivity contribution in [3.63, 3.8) is 0 Å². The molecule has 3 rings (SSSR count). The third kappa shape index (κ3) is 4.17. The lowest BCUT2D eigenvalue weighted by Gasteiger charge is -2.16. The summed E-state index contributed by atoms with van der Waals surface area (Å²) in [5.41, 5.74) is 9.40. The van der Waals surface area contributed by atoms with Crippen LogP contribution in [0.5, 0.6) is 0 Å². The van der Waals surface area contributed by atoms with Gasteiger partial charge in [0.2, 0.25) is 0 Å². The van der Waals surface area contributed by atoms with Gasteiger partial charge < -0.3 is 11.1 Å². The Morgan fingerprint density at radius 3 is 2.65 bits per heavy atom. The zero-order valence-electron chi connectivity index (χ0n) is 14.5. The van der Waals surface area contributed by atoms with Crippen LogP contribution in [0.1, 0.15) is 20.8 Å². The van der Waals surface area contributed by atoms with Crippen molar-refractivity contribution in [2.75, 3.05) is 6.54 Å². The molecule has 0 saturated carbocycles. The quantitative estimate of drug-likeness (QED) is 0.670. The second-order valence-corrected chi connectivity index (χ2v) is 7.01. The fourth-order valence-corrected chi connectivity index (χ4v) is 3.55. The molecular formula is C19H21FN4OS. The van der Waals surface area contributed by atoms with Gasteiger partial charge in [0.05, 0.1) is 10.6 Å². The second kappa shape index (κ2) is 8.25. The van der Waals surface area contributed by atoms with Gasteiger partial charge in [-0.1, -0.05) is 24.3 Å². The summed E-state index contributed by atoms with van der Waals surface area (Å²) in [7, 11) is 1.87. The Balaban J connectivity index is 1.65. The number of halogens is 1. The molecule has 3 aromatic rings. The van der Waals surface area contributed by atoms with Crippen molar-refractivity contribution in [2.45, 2.75) is 19.1 Å². The topological polar surface area (TPSA) is 72.9 Å². The van der Waals surface area contributed by atoms with Crippen LogP contribution in [0, 0.1) is 0 Å². The predicted molar refractivity (Wildman–Crippen MR) is 102 cm³/mol. The van der Waals surface area contributed by atoms with Crippen LogP contribution < -0.4 is 11.1 Å². The molecule has 0 unspecified atom stereocenters. The highest BCUT2D eigenvalue weighted by Gasteiger charge is 2.16. The van der Waals surface area contributed by atoms with E-state index in [4.69, 9.17) is 5.73 Å². The maximum atomic E-state index is 12.6. The Morgan fingerprint density at radius 1 is 1.31 bits per heavy atom. The summed E-state index contributed by atoms with van der Waals surface area (Å²) < 4.78 is 14.4. The first kappa shape index (κ1) is 18.3. The molecule has 2 aromatic heterocycles. The van der Waals surface area contributed by atoms with E-state index in [0.29, 0.717) is 23.4 Å². The lowest BCUT2D eigenvalue weighted by atomic mass is 10.0. The van der Waals surface area contributed by atoms with Gasteiger partial charge in [0.15, 0.2) is 0 Å². The first-order valence-electron chi connectivity index (χ1n) is 8.32. The van der Waals surface area contributed by atoms with E-state index in [1.807, 2.05) is 36.7 Å². The largest absolute Gasteiger partial charge is 0.347 e. The van der Waals surface area contributed by atoms with Gasteiger partial charge >= 0.3 is 0 Å². The minimum Gasteiger partial charge on any atom is -0.347 e. The minimum absolute atomic E-state index is 0.140. The molecule has 0 aliphatic heterocycles. The number of nitrogens with two attached hydrogens (primary N) is 1. The molecule has 1 aromatic carbocycles. The van der Waals surface area contributed by atoms with E-state index in [1.54, 1.807) is 23.0 Å². The fraction of sp³-hybridized carbons (Fsp3) is 0.263. The molecule has 7 heteroatoms. The van der Waals surface area contributed by atoms with Gasteiger partial charge in [0.25, 0.3) is 5.91 Å². The zero-order chi connectivity index (χ0) is 18.5. The molecule has 0 saturated heterocycles. The molecule has 5 nitrogen and oxygen atoms in total. The molecule has 2 heterocycles. The lowest BCUT2D eigenvalue weighted by Crippen LogP contribution is -2.41. The summed E-state index contributed by atoms with van der Waals surface area (Å²) in [6.45, 7) is -0.148. The molecule has 0 radical (unpaired) electrons. The summed E-state index contributed by atoms with van der Waals surface area (Å²) >= 11 is 1.39. The van der Waals surface area contributed by atoms with Crippen LogP contribution >= 0.6 is 11.3 Å². The third-order valence-electron chi connectivity index (χ3n) is 4.22. The van der Waals surface area contributed by atoms with Gasteiger partial charge in [-0.15, -0.1) is 11.3 Å². The average Bonchev–Trinajstić information content (AvgIpc) is 3.30. The molecule has 1 atom stereocenters. The predicted octanol–water partition coefficient (Wildman–Crippen LogP) is 2.92. The standard InChI is InChI=1S/C19H21FN4OS/c1-24-17(6-7-22-24)15-9-18(26-12-15)19(25)23-16(11-21)8-13-2-4-14(10-20)5-3-13/h2-7,9,12,16H,8,10-11,21H2,1H3,(H,23,25)/t16-/m0/s1. The lowest BCUT2D eigenvalue weighted by molar-refractivity contribution is 0.0942. The number of hydrogen-bond acceptors (Lipinski definition) is 4. The number of thiophene rings is 1. The number of carbonyl (C=O) groups excluding carboxylic acids is 1. The van der Waals surface area contributed by atoms with E-state index in [2.05, 4.69) is 10.4 Å². The number of alkyl halides is 1. The van der Waals surface area contributed by atoms with Crippen molar-refractivity contribution in [2.24, 2.45) is 12.8 Å². The van der Waals surface area contributed by atoms with E-state index in [0.717, 1.165) is 16.8 Å². The summed E-state index contributed by atoms with van der Waals surface area (Å²) in [6.07, 6.45) is 2.33. The van der Waals surface area contributed by atoms with Gasteiger partial charge in [-0.3, -0.25) is 9.48 Å². The molecule has 136 valence electrons. The molecule has 0 spiro atoms. The van der Waals surface area contributed by atoms with Crippen LogP contribution in [0.3, 0.4) is 0 Å². The van der Waals surface area contributed by atoms with Crippen LogP contribution in [-0.2, 0) is 20.1 Å². The van der Waals surface area contributed by atoms with E-state index in [1.165, 1.54) is 11.3 Å². The number of hydrogen-bond donors (Lipinski definition) is 2. The van der Waals surface area contributed by atoms with Crippen LogP contribution in [0.15, 0.2) is 48.0 Å². The van der Waals surface area contributed by atoms with Crippen LogP contribution in [0.25, 0.3) is 11.3 Å². The van der Waals surface area contributed by atoms with Crippen LogP contribution in [0.2, 0.25) is 0 Å². The Bertz CT molecular complexity index is 872. The van der Waals surface area contributed by atoms with Gasteiger partial charge in [0, 0.05) is 36.8 Å². The number of nitrogens with one attached hydrogen (secondary N) is 1. The summed E-state index contributed by atoms with van der Waals surface area (Å²) in [5.74, 6) is -0.140. The second-order valence-electron chi connectivity index (χ2n) is 6.10. The SMILES string of the molecule is Cn1nccc1-c1csc(C(=O)N[C@H](CN)Cc2ccc(CF)cc2)c1. The number of aromatic nitrogens is 2. The highest BCUT2D eigenvalue weighted by atomic mass is 32.1. The van der Waals surface area contributed by atoms with Gasteiger partial charge in [-0.2, -0.15) is 5.10 Å². The number of carbonyl (C=O) groups is 1. The van der Waals surface area contributed by atoms with E-state index < -0.39 is 6.67 Å². The monoisotopic (exact) mass is 372 g/mol. The first-order valence-corrected chi connectivity index (χ1v) is 9.20. The van der Waals surface area contributed by atoms with Crippen molar-refractivity contribution in [1.29, 1.82) is 0 Å². The van der Waals surface area contributed by atoms with Crippen LogP contribution in [0.4, 0.5) is 4.39 Å². The molecule has 0 aliphatic rings. The highest BCUT2D eigenvalue weighted by Crippen LogP contribution is 2.25. The average molecular weight is 372 g/mol. The number of benzene rings is 1. The normalized spacial score (nSPS) is 12.1. The summed E-state index contributed by atoms with van der Waals surface area (Å²) in [6, 6.07) is 10.8. The Morgan fingerprint density at radius 2 is 2.04 bits per heavy atom. The van der Waals surface area contributed by atoms with Gasteiger partial charge in [-0.25, -0.2) is 4.39 Å². The van der Waals surface area contributed by atoms with E-state index in [-0.39, 0.29) is 11.9 Å². The molecule has 1 amide bonds. The Hall–Kier alpha value is -2.51. The molecular weight excluding hydrogens is 351 g/mol. The van der Waals surface area contributed by atoms with Crippen molar-refractivity contribution in [1.82, 2.24) is 15.1 Å². The van der Waals surface area contributed by atoms with Crippen molar-refractivity contribution < 1.29 is 9.18 Å². The highest BCUT2D eigenvalue weighted by molar-refractivity contribution is 7.12. The Kier molecular flexibility index (Phi) is 5.80. The zero-order valence-corrected chi connectivity index (χ0v) is 15.3. The van der Waals surface area contributed by atoms with Crippen molar-refractivity contribution in [3.8, 4) is 11.3 Å². The van der Waals surface area contributed by atoms with Gasteiger partial charge in [0.1, 0.15) is 6.67 Å². The summed E-state index contributed by atoms with van der Waals surface area (Å²) in [4.78, 5) is 13.2. The smallest absolute Gasteiger partial charge is 0.261 e. The Labute approximate surface area is 155 Å². The third-order valence-corrected chi connectivity index (χ3v) is 5.15. The van der Waals surface area contributed by atoms with Crippen molar-refractivity contribution >= 4 is 17.2 Å². The van der Waals surface area contributed by atoms with Gasteiger partial charge in [-0.05, 0) is 29.7 Å². The molecule has 0 fully saturated rings. The molecule has 26 heavy (non-hydrogen) atoms. The van der Waals surface area contributed by atoms with Crippen molar-refractivity contribution in [3.05, 3.63) is 64.0 Å². The van der Waals surface area contributed by atoms with E-state index in [9.17, 15) is 9.18 Å². The molecule has 0 aliphatic carbocycles. The van der Waals surface area contributed by atoms with E-state index >= 15 is 0 Å². The number of rotatable bonds is 7. The minimum atomic E-state index is -0.477. The molecule has 0 bridgehead atoms. The fourth-order valence-electron chi connectivity index (χ4n) is 2.75.